The van der Waals surface area contributed by atoms with Crippen LogP contribution in [-0.2, 0) is 20.9 Å². The number of rotatable bonds is 6. The molecule has 8 nitrogen and oxygen atoms in total. The summed E-state index contributed by atoms with van der Waals surface area (Å²) in [6.45, 7) is 1.75. The quantitative estimate of drug-likeness (QED) is 0.292. The van der Waals surface area contributed by atoms with Gasteiger partial charge >= 0.3 is 4.87 Å². The molecule has 3 amide bonds. The number of imide groups is 1. The Hall–Kier alpha value is -3.86. The Morgan fingerprint density at radius 2 is 1.60 bits per heavy atom. The number of benzene rings is 3. The number of nitrogens with one attached hydrogen (secondary N) is 1. The zero-order chi connectivity index (χ0) is 29.7. The Kier molecular flexibility index (Phi) is 7.46. The average molecular weight is 619 g/mol. The van der Waals surface area contributed by atoms with E-state index >= 15 is 0 Å². The van der Waals surface area contributed by atoms with Crippen LogP contribution in [0.25, 0.3) is 0 Å². The molecule has 1 aromatic heterocycles. The zero-order valence-corrected chi connectivity index (χ0v) is 25.4. The summed E-state index contributed by atoms with van der Waals surface area (Å²) in [5.41, 5.74) is 3.95. The Morgan fingerprint density at radius 3 is 2.24 bits per heavy atom. The molecule has 0 bridgehead atoms. The van der Waals surface area contributed by atoms with Crippen LogP contribution in [0.1, 0.15) is 21.9 Å². The SMILES string of the molecule is Cc1ccc(NC(=O)Cn2c3c(sc2=O)[C@@H](c2ccc(N(C)C)cc2)[C@@H]2C(=O)N(c4ccc(Cl)cc4)C(=O)[C@@H]2S3)cc1. The van der Waals surface area contributed by atoms with Crippen LogP contribution in [0.3, 0.4) is 0 Å². The van der Waals surface area contributed by atoms with Crippen LogP contribution in [0.5, 0.6) is 0 Å². The number of thioether (sulfide) groups is 1. The fourth-order valence-corrected chi connectivity index (χ4v) is 8.32. The van der Waals surface area contributed by atoms with Gasteiger partial charge in [0.25, 0.3) is 0 Å². The Labute approximate surface area is 255 Å². The minimum absolute atomic E-state index is 0.210. The molecule has 42 heavy (non-hydrogen) atoms. The summed E-state index contributed by atoms with van der Waals surface area (Å²) in [5.74, 6) is -2.28. The van der Waals surface area contributed by atoms with Crippen molar-refractivity contribution in [1.29, 1.82) is 0 Å². The Morgan fingerprint density at radius 1 is 0.929 bits per heavy atom. The maximum atomic E-state index is 14.0. The predicted molar refractivity (Wildman–Crippen MR) is 168 cm³/mol. The number of hydrogen-bond donors (Lipinski definition) is 1. The van der Waals surface area contributed by atoms with Crippen LogP contribution in [0.2, 0.25) is 5.02 Å². The van der Waals surface area contributed by atoms with E-state index in [1.165, 1.54) is 21.2 Å². The van der Waals surface area contributed by atoms with Crippen molar-refractivity contribution in [3.63, 3.8) is 0 Å². The monoisotopic (exact) mass is 618 g/mol. The second-order valence-corrected chi connectivity index (χ2v) is 13.1. The summed E-state index contributed by atoms with van der Waals surface area (Å²) in [7, 11) is 3.88. The molecule has 0 saturated carbocycles. The fraction of sp³-hybridized carbons (Fsp3) is 0.226. The van der Waals surface area contributed by atoms with E-state index in [0.29, 0.717) is 26.3 Å². The van der Waals surface area contributed by atoms with Crippen LogP contribution in [0.15, 0.2) is 82.6 Å². The van der Waals surface area contributed by atoms with Gasteiger partial charge in [-0.2, -0.15) is 0 Å². The molecule has 4 aromatic rings. The summed E-state index contributed by atoms with van der Waals surface area (Å²) in [5, 5.41) is 3.13. The van der Waals surface area contributed by atoms with Crippen molar-refractivity contribution in [1.82, 2.24) is 4.57 Å². The zero-order valence-electron chi connectivity index (χ0n) is 23.0. The number of carbonyl (C=O) groups excluding carboxylic acids is 3. The van der Waals surface area contributed by atoms with E-state index in [0.717, 1.165) is 28.2 Å². The minimum Gasteiger partial charge on any atom is -0.378 e. The van der Waals surface area contributed by atoms with E-state index in [4.69, 9.17) is 11.6 Å². The molecule has 2 aliphatic rings. The maximum Gasteiger partial charge on any atom is 0.308 e. The van der Waals surface area contributed by atoms with Gasteiger partial charge in [0.15, 0.2) is 0 Å². The topological polar surface area (TPSA) is 91.7 Å². The Bertz CT molecular complexity index is 1750. The van der Waals surface area contributed by atoms with Crippen molar-refractivity contribution >= 4 is 69.5 Å². The van der Waals surface area contributed by atoms with Gasteiger partial charge in [0.05, 0.1) is 16.6 Å². The third kappa shape index (κ3) is 5.04. The lowest BCUT2D eigenvalue weighted by Crippen LogP contribution is -2.33. The highest BCUT2D eigenvalue weighted by molar-refractivity contribution is 8.00. The number of nitrogens with zero attached hydrogens (tertiary/aromatic N) is 3. The van der Waals surface area contributed by atoms with Crippen molar-refractivity contribution in [3.8, 4) is 0 Å². The van der Waals surface area contributed by atoms with Crippen LogP contribution in [0.4, 0.5) is 17.1 Å². The maximum absolute atomic E-state index is 14.0. The summed E-state index contributed by atoms with van der Waals surface area (Å²) in [6.07, 6.45) is 0. The summed E-state index contributed by atoms with van der Waals surface area (Å²) >= 11 is 8.29. The van der Waals surface area contributed by atoms with Gasteiger partial charge in [-0.1, -0.05) is 64.5 Å². The second kappa shape index (κ2) is 11.1. The first-order chi connectivity index (χ1) is 20.1. The molecule has 0 aliphatic carbocycles. The van der Waals surface area contributed by atoms with E-state index in [1.54, 1.807) is 36.4 Å². The first kappa shape index (κ1) is 28.3. The van der Waals surface area contributed by atoms with Gasteiger partial charge in [-0.05, 0) is 61.0 Å². The van der Waals surface area contributed by atoms with Gasteiger partial charge in [-0.15, -0.1) is 0 Å². The second-order valence-electron chi connectivity index (χ2n) is 10.6. The highest BCUT2D eigenvalue weighted by Crippen LogP contribution is 2.54. The number of aryl methyl sites for hydroxylation is 1. The molecular formula is C31H27ClN4O4S2. The number of amides is 3. The lowest BCUT2D eigenvalue weighted by atomic mass is 9.83. The fourth-order valence-electron chi connectivity index (χ4n) is 5.42. The van der Waals surface area contributed by atoms with Crippen LogP contribution in [-0.4, -0.2) is 41.6 Å². The molecule has 0 unspecified atom stereocenters. The van der Waals surface area contributed by atoms with Gasteiger partial charge in [-0.3, -0.25) is 23.7 Å². The third-order valence-electron chi connectivity index (χ3n) is 7.54. The molecule has 3 aromatic carbocycles. The number of anilines is 3. The molecule has 3 atom stereocenters. The van der Waals surface area contributed by atoms with E-state index in [9.17, 15) is 19.2 Å². The highest BCUT2D eigenvalue weighted by atomic mass is 35.5. The van der Waals surface area contributed by atoms with E-state index in [2.05, 4.69) is 5.32 Å². The van der Waals surface area contributed by atoms with Crippen LogP contribution < -0.4 is 20.0 Å². The Balaban J connectivity index is 1.41. The van der Waals surface area contributed by atoms with Crippen molar-refractivity contribution in [2.75, 3.05) is 29.2 Å². The lowest BCUT2D eigenvalue weighted by Gasteiger charge is -2.31. The van der Waals surface area contributed by atoms with Gasteiger partial charge < -0.3 is 10.2 Å². The van der Waals surface area contributed by atoms with E-state index in [1.807, 2.05) is 62.3 Å². The first-order valence-corrected chi connectivity index (χ1v) is 15.4. The number of carbonyl (C=O) groups is 3. The third-order valence-corrected chi connectivity index (χ3v) is 10.4. The molecule has 1 N–H and O–H groups in total. The first-order valence-electron chi connectivity index (χ1n) is 13.3. The number of fused-ring (bicyclic) bond motifs is 2. The highest BCUT2D eigenvalue weighted by Gasteiger charge is 2.56. The smallest absolute Gasteiger partial charge is 0.308 e. The van der Waals surface area contributed by atoms with E-state index in [-0.39, 0.29) is 29.1 Å². The molecule has 214 valence electrons. The van der Waals surface area contributed by atoms with Crippen LogP contribution in [0, 0.1) is 12.8 Å². The van der Waals surface area contributed by atoms with Gasteiger partial charge in [0.1, 0.15) is 11.8 Å². The van der Waals surface area contributed by atoms with Crippen molar-refractivity contribution in [3.05, 3.63) is 103 Å². The van der Waals surface area contributed by atoms with E-state index < -0.39 is 17.1 Å². The summed E-state index contributed by atoms with van der Waals surface area (Å²) in [4.78, 5) is 57.8. The predicted octanol–water partition coefficient (Wildman–Crippen LogP) is 5.37. The normalized spacial score (nSPS) is 19.4. The van der Waals surface area contributed by atoms with Gasteiger partial charge in [0, 0.05) is 41.3 Å². The van der Waals surface area contributed by atoms with Crippen molar-refractivity contribution in [2.45, 2.75) is 29.7 Å². The van der Waals surface area contributed by atoms with Gasteiger partial charge in [0.2, 0.25) is 17.7 Å². The molecular weight excluding hydrogens is 592 g/mol. The van der Waals surface area contributed by atoms with Crippen molar-refractivity contribution < 1.29 is 14.4 Å². The number of hydrogen-bond acceptors (Lipinski definition) is 7. The molecule has 0 spiro atoms. The largest absolute Gasteiger partial charge is 0.378 e. The lowest BCUT2D eigenvalue weighted by molar-refractivity contribution is -0.122. The molecule has 0 radical (unpaired) electrons. The number of halogens is 1. The number of thiazole rings is 1. The van der Waals surface area contributed by atoms with Crippen LogP contribution >= 0.6 is 34.7 Å². The molecule has 11 heteroatoms. The molecule has 1 fully saturated rings. The molecule has 2 aliphatic heterocycles. The molecule has 1 saturated heterocycles. The van der Waals surface area contributed by atoms with Gasteiger partial charge in [-0.25, -0.2) is 4.90 Å². The number of aromatic nitrogens is 1. The minimum atomic E-state index is -0.764. The summed E-state index contributed by atoms with van der Waals surface area (Å²) in [6, 6.07) is 21.8. The van der Waals surface area contributed by atoms with Crippen molar-refractivity contribution in [2.24, 2.45) is 5.92 Å². The molecule has 3 heterocycles. The average Bonchev–Trinajstić information content (AvgIpc) is 3.41. The summed E-state index contributed by atoms with van der Waals surface area (Å²) < 4.78 is 1.42. The standard InChI is InChI=1S/C31H27ClN4O4S2/c1-17-4-10-20(11-5-17)33-23(37)16-35-30-27(42-31(35)40)24(18-6-12-21(13-7-18)34(2)3)25-26(41-30)29(39)36(28(25)38)22-14-8-19(32)9-15-22/h4-15,24-26H,16H2,1-3H3,(H,33,37)/t24-,25-,26+/m0/s1. The molecule has 6 rings (SSSR count).